The van der Waals surface area contributed by atoms with Crippen molar-refractivity contribution in [3.05, 3.63) is 47.5 Å². The van der Waals surface area contributed by atoms with Crippen LogP contribution in [0.15, 0.2) is 35.7 Å². The van der Waals surface area contributed by atoms with Gasteiger partial charge < -0.3 is 5.32 Å². The quantitative estimate of drug-likeness (QED) is 0.326. The highest BCUT2D eigenvalue weighted by Crippen LogP contribution is 2.42. The van der Waals surface area contributed by atoms with Gasteiger partial charge in [0, 0.05) is 17.3 Å². The predicted molar refractivity (Wildman–Crippen MR) is 127 cm³/mol. The summed E-state index contributed by atoms with van der Waals surface area (Å²) in [4.78, 5) is 31.8. The van der Waals surface area contributed by atoms with E-state index < -0.39 is 0 Å². The number of fused-ring (bicyclic) bond motifs is 5. The van der Waals surface area contributed by atoms with Crippen LogP contribution in [0, 0.1) is 0 Å². The molecule has 4 heterocycles. The molecule has 1 N–H and O–H groups in total. The Labute approximate surface area is 188 Å². The average molecular weight is 450 g/mol. The molecule has 0 spiro atoms. The third-order valence-corrected chi connectivity index (χ3v) is 7.74. The van der Waals surface area contributed by atoms with E-state index in [0.29, 0.717) is 11.7 Å². The molecule has 0 saturated carbocycles. The van der Waals surface area contributed by atoms with Gasteiger partial charge in [0.2, 0.25) is 5.91 Å². The first-order chi connectivity index (χ1) is 15.1. The molecule has 0 fully saturated rings. The molecule has 1 aliphatic carbocycles. The van der Waals surface area contributed by atoms with E-state index in [-0.39, 0.29) is 11.7 Å². The third-order valence-electron chi connectivity index (χ3n) is 5.54. The van der Waals surface area contributed by atoms with Crippen LogP contribution in [-0.4, -0.2) is 31.6 Å². The van der Waals surface area contributed by atoms with Crippen molar-refractivity contribution < 1.29 is 4.79 Å². The van der Waals surface area contributed by atoms with Crippen LogP contribution in [0.25, 0.3) is 20.4 Å². The topological polar surface area (TPSA) is 80.7 Å². The van der Waals surface area contributed by atoms with Crippen molar-refractivity contribution in [2.24, 2.45) is 0 Å². The highest BCUT2D eigenvalue weighted by molar-refractivity contribution is 8.00. The van der Waals surface area contributed by atoms with Crippen LogP contribution >= 0.6 is 23.1 Å². The lowest BCUT2D eigenvalue weighted by molar-refractivity contribution is -0.113. The van der Waals surface area contributed by atoms with E-state index in [2.05, 4.69) is 34.1 Å². The SMILES string of the molecule is CC(C)c1nc2sc3c(SCC(=O)Nc4ccccn4)ncnc3c2c2c1CCCC2. The summed E-state index contributed by atoms with van der Waals surface area (Å²) in [6, 6.07) is 5.44. The lowest BCUT2D eigenvalue weighted by Gasteiger charge is -2.21. The summed E-state index contributed by atoms with van der Waals surface area (Å²) in [6.07, 6.45) is 7.89. The molecule has 6 nitrogen and oxygen atoms in total. The Morgan fingerprint density at radius 1 is 1.16 bits per heavy atom. The Balaban J connectivity index is 1.50. The van der Waals surface area contributed by atoms with Crippen molar-refractivity contribution in [3.63, 3.8) is 0 Å². The first-order valence-corrected chi connectivity index (χ1v) is 12.3. The van der Waals surface area contributed by atoms with Crippen LogP contribution in [-0.2, 0) is 17.6 Å². The maximum absolute atomic E-state index is 12.4. The minimum atomic E-state index is -0.103. The van der Waals surface area contributed by atoms with E-state index in [1.54, 1.807) is 29.9 Å². The Bertz CT molecular complexity index is 1270. The van der Waals surface area contributed by atoms with Crippen molar-refractivity contribution >= 4 is 55.3 Å². The van der Waals surface area contributed by atoms with Crippen LogP contribution < -0.4 is 5.32 Å². The molecule has 8 heteroatoms. The maximum atomic E-state index is 12.4. The second-order valence-electron chi connectivity index (χ2n) is 8.01. The highest BCUT2D eigenvalue weighted by atomic mass is 32.2. The number of aromatic nitrogens is 4. The van der Waals surface area contributed by atoms with E-state index in [1.165, 1.54) is 46.8 Å². The summed E-state index contributed by atoms with van der Waals surface area (Å²) < 4.78 is 1.02. The summed E-state index contributed by atoms with van der Waals surface area (Å²) in [5, 5.41) is 4.85. The van der Waals surface area contributed by atoms with Gasteiger partial charge in [0.05, 0.1) is 16.0 Å². The molecule has 0 aliphatic heterocycles. The zero-order valence-corrected chi connectivity index (χ0v) is 19.1. The lowest BCUT2D eigenvalue weighted by atomic mass is 9.86. The van der Waals surface area contributed by atoms with E-state index in [4.69, 9.17) is 4.98 Å². The normalized spacial score (nSPS) is 13.6. The lowest BCUT2D eigenvalue weighted by Crippen LogP contribution is -2.14. The molecule has 4 aromatic heterocycles. The van der Waals surface area contributed by atoms with Gasteiger partial charge in [-0.15, -0.1) is 11.3 Å². The number of carbonyl (C=O) groups excluding carboxylic acids is 1. The fourth-order valence-corrected chi connectivity index (χ4v) is 6.24. The molecule has 0 aromatic carbocycles. The van der Waals surface area contributed by atoms with Gasteiger partial charge in [-0.05, 0) is 54.9 Å². The number of thioether (sulfide) groups is 1. The molecular formula is C23H23N5OS2. The van der Waals surface area contributed by atoms with Crippen molar-refractivity contribution in [2.45, 2.75) is 50.5 Å². The molecule has 31 heavy (non-hydrogen) atoms. The molecule has 1 aliphatic rings. The summed E-state index contributed by atoms with van der Waals surface area (Å²) in [5.74, 6) is 1.12. The minimum absolute atomic E-state index is 0.103. The van der Waals surface area contributed by atoms with Crippen molar-refractivity contribution in [2.75, 3.05) is 11.1 Å². The van der Waals surface area contributed by atoms with Gasteiger partial charge in [0.1, 0.15) is 22.0 Å². The van der Waals surface area contributed by atoms with Crippen LogP contribution in [0.5, 0.6) is 0 Å². The Kier molecular flexibility index (Phi) is 5.58. The zero-order chi connectivity index (χ0) is 21.4. The summed E-state index contributed by atoms with van der Waals surface area (Å²) in [7, 11) is 0. The summed E-state index contributed by atoms with van der Waals surface area (Å²) in [6.45, 7) is 4.44. The minimum Gasteiger partial charge on any atom is -0.310 e. The number of thiophene rings is 1. The van der Waals surface area contributed by atoms with Crippen molar-refractivity contribution in [3.8, 4) is 0 Å². The average Bonchev–Trinajstić information content (AvgIpc) is 3.17. The number of nitrogens with zero attached hydrogens (tertiary/aromatic N) is 4. The number of nitrogens with one attached hydrogen (secondary N) is 1. The maximum Gasteiger partial charge on any atom is 0.235 e. The van der Waals surface area contributed by atoms with E-state index in [0.717, 1.165) is 32.9 Å². The number of pyridine rings is 2. The third kappa shape index (κ3) is 3.90. The summed E-state index contributed by atoms with van der Waals surface area (Å²) in [5.41, 5.74) is 5.05. The largest absolute Gasteiger partial charge is 0.310 e. The van der Waals surface area contributed by atoms with E-state index in [9.17, 15) is 4.79 Å². The zero-order valence-electron chi connectivity index (χ0n) is 17.5. The van der Waals surface area contributed by atoms with Crippen LogP contribution in [0.2, 0.25) is 0 Å². The Hall–Kier alpha value is -2.58. The number of amides is 1. The van der Waals surface area contributed by atoms with Gasteiger partial charge in [-0.25, -0.2) is 19.9 Å². The smallest absolute Gasteiger partial charge is 0.235 e. The summed E-state index contributed by atoms with van der Waals surface area (Å²) >= 11 is 3.08. The number of anilines is 1. The van der Waals surface area contributed by atoms with Gasteiger partial charge in [-0.1, -0.05) is 31.7 Å². The van der Waals surface area contributed by atoms with Gasteiger partial charge in [0.25, 0.3) is 0 Å². The highest BCUT2D eigenvalue weighted by Gasteiger charge is 2.24. The Morgan fingerprint density at radius 2 is 2.00 bits per heavy atom. The molecule has 0 atom stereocenters. The van der Waals surface area contributed by atoms with Crippen molar-refractivity contribution in [1.29, 1.82) is 0 Å². The van der Waals surface area contributed by atoms with Gasteiger partial charge >= 0.3 is 0 Å². The van der Waals surface area contributed by atoms with Gasteiger partial charge in [0.15, 0.2) is 0 Å². The molecule has 5 rings (SSSR count). The van der Waals surface area contributed by atoms with Crippen LogP contribution in [0.3, 0.4) is 0 Å². The van der Waals surface area contributed by atoms with Crippen LogP contribution in [0.1, 0.15) is 49.4 Å². The number of aryl methyl sites for hydroxylation is 1. The fraction of sp³-hybridized carbons (Fsp3) is 0.348. The fourth-order valence-electron chi connectivity index (χ4n) is 4.20. The number of hydrogen-bond donors (Lipinski definition) is 1. The monoisotopic (exact) mass is 449 g/mol. The molecule has 0 unspecified atom stereocenters. The predicted octanol–water partition coefficient (Wildman–Crippen LogP) is 5.37. The standard InChI is InChI=1S/C23H23N5OS2/c1-13(2)19-15-8-4-3-7-14(15)18-20-21(31-22(18)28-19)23(26-12-25-20)30-11-17(29)27-16-9-5-6-10-24-16/h5-6,9-10,12-13H,3-4,7-8,11H2,1-2H3,(H,24,27,29). The first-order valence-electron chi connectivity index (χ1n) is 10.5. The van der Waals surface area contributed by atoms with Crippen molar-refractivity contribution in [1.82, 2.24) is 19.9 Å². The molecule has 0 bridgehead atoms. The molecule has 4 aromatic rings. The Morgan fingerprint density at radius 3 is 2.77 bits per heavy atom. The molecule has 1 amide bonds. The second kappa shape index (κ2) is 8.51. The number of rotatable bonds is 5. The molecular weight excluding hydrogens is 426 g/mol. The van der Waals surface area contributed by atoms with Gasteiger partial charge in [-0.2, -0.15) is 0 Å². The van der Waals surface area contributed by atoms with E-state index >= 15 is 0 Å². The molecule has 0 radical (unpaired) electrons. The number of hydrogen-bond acceptors (Lipinski definition) is 7. The van der Waals surface area contributed by atoms with Crippen LogP contribution in [0.4, 0.5) is 5.82 Å². The van der Waals surface area contributed by atoms with Gasteiger partial charge in [-0.3, -0.25) is 4.79 Å². The molecule has 0 saturated heterocycles. The molecule has 158 valence electrons. The number of carbonyl (C=O) groups is 1. The first kappa shape index (κ1) is 20.3. The second-order valence-corrected chi connectivity index (χ2v) is 9.97. The van der Waals surface area contributed by atoms with E-state index in [1.807, 2.05) is 12.1 Å².